The van der Waals surface area contributed by atoms with E-state index < -0.39 is 0 Å². The van der Waals surface area contributed by atoms with Crippen molar-refractivity contribution in [3.05, 3.63) is 29.8 Å². The van der Waals surface area contributed by atoms with Gasteiger partial charge in [-0.1, -0.05) is 12.1 Å². The number of hydrogen-bond donors (Lipinski definition) is 2. The zero-order valence-electron chi connectivity index (χ0n) is 8.73. The minimum atomic E-state index is -0.129. The third-order valence-electron chi connectivity index (χ3n) is 2.12. The highest BCUT2D eigenvalue weighted by atomic mass is 16.5. The topological polar surface area (TPSA) is 61.3 Å². The highest BCUT2D eigenvalue weighted by Gasteiger charge is 2.10. The summed E-state index contributed by atoms with van der Waals surface area (Å²) in [6.45, 7) is 4.52. The van der Waals surface area contributed by atoms with Gasteiger partial charge in [-0.25, -0.2) is 0 Å². The number of ether oxygens (including phenoxy) is 1. The van der Waals surface area contributed by atoms with Crippen molar-refractivity contribution in [2.24, 2.45) is 11.5 Å². The summed E-state index contributed by atoms with van der Waals surface area (Å²) in [7, 11) is 0. The van der Waals surface area contributed by atoms with E-state index in [2.05, 4.69) is 0 Å². The number of hydrogen-bond acceptors (Lipinski definition) is 3. The predicted molar refractivity (Wildman–Crippen MR) is 58.2 cm³/mol. The molecule has 2 atom stereocenters. The highest BCUT2D eigenvalue weighted by molar-refractivity contribution is 5.31. The predicted octanol–water partition coefficient (Wildman–Crippen LogP) is 1.43. The molecule has 1 aromatic rings. The summed E-state index contributed by atoms with van der Waals surface area (Å²) in [5.74, 6) is 0.848. The van der Waals surface area contributed by atoms with Gasteiger partial charge in [0.2, 0.25) is 0 Å². The second-order valence-electron chi connectivity index (χ2n) is 3.39. The van der Waals surface area contributed by atoms with Gasteiger partial charge in [-0.3, -0.25) is 0 Å². The summed E-state index contributed by atoms with van der Waals surface area (Å²) in [6.07, 6.45) is 0. The lowest BCUT2D eigenvalue weighted by atomic mass is 10.0. The number of nitrogens with two attached hydrogens (primary N) is 2. The zero-order chi connectivity index (χ0) is 10.6. The van der Waals surface area contributed by atoms with E-state index in [1.807, 2.05) is 38.1 Å². The van der Waals surface area contributed by atoms with E-state index in [1.165, 1.54) is 0 Å². The van der Waals surface area contributed by atoms with Crippen LogP contribution in [0, 0.1) is 0 Å². The van der Waals surface area contributed by atoms with Crippen LogP contribution in [0.25, 0.3) is 0 Å². The molecule has 4 N–H and O–H groups in total. The van der Waals surface area contributed by atoms with Crippen LogP contribution in [0.4, 0.5) is 0 Å². The maximum absolute atomic E-state index is 5.92. The van der Waals surface area contributed by atoms with Crippen LogP contribution in [-0.4, -0.2) is 12.6 Å². The maximum atomic E-state index is 5.92. The van der Waals surface area contributed by atoms with Gasteiger partial charge in [0.1, 0.15) is 5.75 Å². The zero-order valence-corrected chi connectivity index (χ0v) is 8.73. The monoisotopic (exact) mass is 194 g/mol. The van der Waals surface area contributed by atoms with Crippen molar-refractivity contribution in [1.82, 2.24) is 0 Å². The molecule has 0 fully saturated rings. The first-order chi connectivity index (χ1) is 6.65. The molecule has 0 aliphatic rings. The van der Waals surface area contributed by atoms with Gasteiger partial charge >= 0.3 is 0 Å². The molecule has 14 heavy (non-hydrogen) atoms. The molecule has 0 amide bonds. The highest BCUT2D eigenvalue weighted by Crippen LogP contribution is 2.19. The SMILES string of the molecule is CCOc1cccc(C(N)C(C)N)c1. The van der Waals surface area contributed by atoms with Crippen molar-refractivity contribution in [1.29, 1.82) is 0 Å². The lowest BCUT2D eigenvalue weighted by Gasteiger charge is -2.16. The van der Waals surface area contributed by atoms with E-state index in [9.17, 15) is 0 Å². The largest absolute Gasteiger partial charge is 0.494 e. The smallest absolute Gasteiger partial charge is 0.119 e. The molecule has 0 aromatic heterocycles. The van der Waals surface area contributed by atoms with E-state index in [-0.39, 0.29) is 12.1 Å². The molecule has 3 heteroatoms. The molecular formula is C11H18N2O. The normalized spacial score (nSPS) is 14.9. The number of benzene rings is 1. The van der Waals surface area contributed by atoms with Crippen molar-refractivity contribution in [2.45, 2.75) is 25.9 Å². The van der Waals surface area contributed by atoms with Gasteiger partial charge in [-0.15, -0.1) is 0 Å². The summed E-state index contributed by atoms with van der Waals surface area (Å²) in [4.78, 5) is 0. The molecule has 0 saturated heterocycles. The second-order valence-corrected chi connectivity index (χ2v) is 3.39. The summed E-state index contributed by atoms with van der Waals surface area (Å²) in [6, 6.07) is 7.58. The molecule has 0 spiro atoms. The van der Waals surface area contributed by atoms with Crippen molar-refractivity contribution in [2.75, 3.05) is 6.61 Å². The molecule has 0 aliphatic carbocycles. The summed E-state index contributed by atoms with van der Waals surface area (Å²) in [5, 5.41) is 0. The third kappa shape index (κ3) is 2.72. The Morgan fingerprint density at radius 3 is 2.64 bits per heavy atom. The van der Waals surface area contributed by atoms with Crippen LogP contribution in [0.2, 0.25) is 0 Å². The Hall–Kier alpha value is -1.06. The first-order valence-corrected chi connectivity index (χ1v) is 4.89. The molecule has 1 aromatic carbocycles. The molecular weight excluding hydrogens is 176 g/mol. The Morgan fingerprint density at radius 2 is 2.07 bits per heavy atom. The van der Waals surface area contributed by atoms with Gasteiger partial charge in [0.25, 0.3) is 0 Å². The molecule has 1 rings (SSSR count). The quantitative estimate of drug-likeness (QED) is 0.762. The van der Waals surface area contributed by atoms with Crippen LogP contribution in [-0.2, 0) is 0 Å². The average Bonchev–Trinajstić information content (AvgIpc) is 2.17. The molecule has 2 unspecified atom stereocenters. The molecule has 78 valence electrons. The molecule has 0 bridgehead atoms. The van der Waals surface area contributed by atoms with Gasteiger partial charge in [0, 0.05) is 12.1 Å². The Balaban J connectivity index is 2.82. The third-order valence-corrected chi connectivity index (χ3v) is 2.12. The van der Waals surface area contributed by atoms with E-state index in [1.54, 1.807) is 0 Å². The van der Waals surface area contributed by atoms with Crippen molar-refractivity contribution < 1.29 is 4.74 Å². The molecule has 0 saturated carbocycles. The fourth-order valence-corrected chi connectivity index (χ4v) is 1.28. The fourth-order valence-electron chi connectivity index (χ4n) is 1.28. The van der Waals surface area contributed by atoms with Crippen LogP contribution in [0.1, 0.15) is 25.5 Å². The van der Waals surface area contributed by atoms with Gasteiger partial charge in [-0.2, -0.15) is 0 Å². The van der Waals surface area contributed by atoms with Gasteiger partial charge in [0.05, 0.1) is 6.61 Å². The lowest BCUT2D eigenvalue weighted by Crippen LogP contribution is -2.30. The van der Waals surface area contributed by atoms with Crippen LogP contribution >= 0.6 is 0 Å². The van der Waals surface area contributed by atoms with Crippen LogP contribution < -0.4 is 16.2 Å². The van der Waals surface area contributed by atoms with Crippen LogP contribution in [0.15, 0.2) is 24.3 Å². The molecule has 3 nitrogen and oxygen atoms in total. The second kappa shape index (κ2) is 4.98. The Bertz CT molecular complexity index is 286. The Morgan fingerprint density at radius 1 is 1.36 bits per heavy atom. The van der Waals surface area contributed by atoms with Gasteiger partial charge < -0.3 is 16.2 Å². The maximum Gasteiger partial charge on any atom is 0.119 e. The summed E-state index contributed by atoms with van der Waals surface area (Å²) >= 11 is 0. The van der Waals surface area contributed by atoms with Crippen molar-refractivity contribution in [3.63, 3.8) is 0 Å². The van der Waals surface area contributed by atoms with Crippen molar-refractivity contribution >= 4 is 0 Å². The van der Waals surface area contributed by atoms with E-state index >= 15 is 0 Å². The Kier molecular flexibility index (Phi) is 3.92. The van der Waals surface area contributed by atoms with Gasteiger partial charge in [0.15, 0.2) is 0 Å². The lowest BCUT2D eigenvalue weighted by molar-refractivity contribution is 0.339. The fraction of sp³-hybridized carbons (Fsp3) is 0.455. The van der Waals surface area contributed by atoms with Crippen LogP contribution in [0.5, 0.6) is 5.75 Å². The van der Waals surface area contributed by atoms with Crippen molar-refractivity contribution in [3.8, 4) is 5.75 Å². The standard InChI is InChI=1S/C11H18N2O/c1-3-14-10-6-4-5-9(7-10)11(13)8(2)12/h4-8,11H,3,12-13H2,1-2H3. The van der Waals surface area contributed by atoms with E-state index in [0.29, 0.717) is 6.61 Å². The molecule has 0 radical (unpaired) electrons. The first kappa shape index (κ1) is 11.0. The number of rotatable bonds is 4. The Labute approximate surface area is 85.0 Å². The first-order valence-electron chi connectivity index (χ1n) is 4.89. The van der Waals surface area contributed by atoms with E-state index in [0.717, 1.165) is 11.3 Å². The average molecular weight is 194 g/mol. The van der Waals surface area contributed by atoms with Gasteiger partial charge in [-0.05, 0) is 31.5 Å². The molecule has 0 heterocycles. The molecule has 0 aliphatic heterocycles. The van der Waals surface area contributed by atoms with Crippen LogP contribution in [0.3, 0.4) is 0 Å². The summed E-state index contributed by atoms with van der Waals surface area (Å²) < 4.78 is 5.38. The summed E-state index contributed by atoms with van der Waals surface area (Å²) in [5.41, 5.74) is 12.7. The minimum Gasteiger partial charge on any atom is -0.494 e. The van der Waals surface area contributed by atoms with E-state index in [4.69, 9.17) is 16.2 Å². The minimum absolute atomic E-state index is 0.0492.